The number of nitrogens with zero attached hydrogens (tertiary/aromatic N) is 2. The summed E-state index contributed by atoms with van der Waals surface area (Å²) in [6.07, 6.45) is 6.59. The molecule has 2 aromatic rings. The Hall–Kier alpha value is -1.40. The predicted molar refractivity (Wildman–Crippen MR) is 82.5 cm³/mol. The lowest BCUT2D eigenvalue weighted by Crippen LogP contribution is -2.45. The zero-order valence-corrected chi connectivity index (χ0v) is 13.0. The second kappa shape index (κ2) is 6.15. The van der Waals surface area contributed by atoms with Gasteiger partial charge >= 0.3 is 0 Å². The molecule has 3 rings (SSSR count). The van der Waals surface area contributed by atoms with Crippen LogP contribution in [0.4, 0.5) is 0 Å². The van der Waals surface area contributed by atoms with Gasteiger partial charge in [0.2, 0.25) is 5.91 Å². The summed E-state index contributed by atoms with van der Waals surface area (Å²) in [4.78, 5) is 17.4. The number of aryl methyl sites for hydroxylation is 2. The van der Waals surface area contributed by atoms with Crippen LogP contribution in [0, 0.1) is 6.92 Å². The Morgan fingerprint density at radius 2 is 2.33 bits per heavy atom. The second-order valence-corrected chi connectivity index (χ2v) is 6.62. The Balaban J connectivity index is 1.55. The molecule has 2 atom stereocenters. The van der Waals surface area contributed by atoms with Gasteiger partial charge in [0.15, 0.2) is 4.96 Å². The number of rotatable bonds is 4. The third-order valence-corrected chi connectivity index (χ3v) is 4.98. The maximum Gasteiger partial charge on any atom is 0.220 e. The third kappa shape index (κ3) is 3.27. The number of nitrogens with one attached hydrogen (secondary N) is 1. The lowest BCUT2D eigenvalue weighted by Gasteiger charge is -2.28. The largest absolute Gasteiger partial charge is 0.391 e. The van der Waals surface area contributed by atoms with Crippen LogP contribution >= 0.6 is 11.3 Å². The molecule has 0 aromatic carbocycles. The first-order chi connectivity index (χ1) is 10.1. The second-order valence-electron chi connectivity index (χ2n) is 5.79. The van der Waals surface area contributed by atoms with Crippen molar-refractivity contribution in [3.63, 3.8) is 0 Å². The van der Waals surface area contributed by atoms with Crippen LogP contribution in [0.1, 0.15) is 43.5 Å². The van der Waals surface area contributed by atoms with Gasteiger partial charge in [-0.05, 0) is 26.2 Å². The number of amides is 1. The average Bonchev–Trinajstić information content (AvgIpc) is 2.98. The molecule has 114 valence electrons. The molecule has 2 aromatic heterocycles. The summed E-state index contributed by atoms with van der Waals surface area (Å²) < 4.78 is 2.06. The highest BCUT2D eigenvalue weighted by Crippen LogP contribution is 2.19. The molecule has 1 saturated carbocycles. The number of hydrogen-bond donors (Lipinski definition) is 2. The van der Waals surface area contributed by atoms with Crippen molar-refractivity contribution in [1.82, 2.24) is 14.7 Å². The summed E-state index contributed by atoms with van der Waals surface area (Å²) in [5.74, 6) is 0.0251. The molecule has 2 unspecified atom stereocenters. The van der Waals surface area contributed by atoms with Gasteiger partial charge in [-0.1, -0.05) is 12.8 Å². The van der Waals surface area contributed by atoms with Crippen LogP contribution in [0.25, 0.3) is 4.96 Å². The summed E-state index contributed by atoms with van der Waals surface area (Å²) in [6, 6.07) is -0.0655. The van der Waals surface area contributed by atoms with E-state index < -0.39 is 0 Å². The smallest absolute Gasteiger partial charge is 0.220 e. The molecule has 0 radical (unpaired) electrons. The van der Waals surface area contributed by atoms with Crippen LogP contribution in [0.15, 0.2) is 11.6 Å². The number of carbonyl (C=O) groups is 1. The first kappa shape index (κ1) is 14.5. The average molecular weight is 307 g/mol. The van der Waals surface area contributed by atoms with Gasteiger partial charge in [-0.15, -0.1) is 11.3 Å². The topological polar surface area (TPSA) is 66.6 Å². The van der Waals surface area contributed by atoms with Crippen molar-refractivity contribution in [3.8, 4) is 0 Å². The quantitative estimate of drug-likeness (QED) is 0.908. The minimum atomic E-state index is -0.383. The van der Waals surface area contributed by atoms with Crippen LogP contribution in [-0.4, -0.2) is 32.5 Å². The minimum absolute atomic E-state index is 0.0251. The molecule has 5 nitrogen and oxygen atoms in total. The number of thiazole rings is 1. The van der Waals surface area contributed by atoms with E-state index in [0.717, 1.165) is 42.0 Å². The van der Waals surface area contributed by atoms with Crippen LogP contribution in [0.3, 0.4) is 0 Å². The standard InChI is InChI=1S/C15H21N3O2S/c1-10-8-18-11(9-21-15(18)16-10)6-7-14(20)17-12-4-2-3-5-13(12)19/h8-9,12-13,19H,2-7H2,1H3,(H,17,20). The monoisotopic (exact) mass is 307 g/mol. The Morgan fingerprint density at radius 1 is 1.52 bits per heavy atom. The number of fused-ring (bicyclic) bond motifs is 1. The van der Waals surface area contributed by atoms with Crippen LogP contribution in [0.5, 0.6) is 0 Å². The normalized spacial score (nSPS) is 22.6. The molecular formula is C15H21N3O2S. The fourth-order valence-electron chi connectivity index (χ4n) is 2.92. The molecule has 2 N–H and O–H groups in total. The van der Waals surface area contributed by atoms with Crippen molar-refractivity contribution in [2.24, 2.45) is 0 Å². The summed E-state index contributed by atoms with van der Waals surface area (Å²) in [5.41, 5.74) is 2.12. The third-order valence-electron chi connectivity index (χ3n) is 4.09. The Morgan fingerprint density at radius 3 is 3.14 bits per heavy atom. The molecule has 1 fully saturated rings. The van der Waals surface area contributed by atoms with E-state index in [4.69, 9.17) is 0 Å². The molecule has 6 heteroatoms. The van der Waals surface area contributed by atoms with Crippen molar-refractivity contribution >= 4 is 22.2 Å². The SMILES string of the molecule is Cc1cn2c(CCC(=O)NC3CCCCC3O)csc2n1. The van der Waals surface area contributed by atoms with E-state index >= 15 is 0 Å². The summed E-state index contributed by atoms with van der Waals surface area (Å²) >= 11 is 1.60. The van der Waals surface area contributed by atoms with Crippen LogP contribution in [-0.2, 0) is 11.2 Å². The van der Waals surface area contributed by atoms with Gasteiger partial charge in [0, 0.05) is 23.7 Å². The maximum absolute atomic E-state index is 12.0. The van der Waals surface area contributed by atoms with Gasteiger partial charge < -0.3 is 10.4 Å². The number of aromatic nitrogens is 2. The molecule has 1 amide bonds. The van der Waals surface area contributed by atoms with Gasteiger partial charge in [-0.2, -0.15) is 0 Å². The van der Waals surface area contributed by atoms with Gasteiger partial charge in [-0.25, -0.2) is 4.98 Å². The van der Waals surface area contributed by atoms with Crippen molar-refractivity contribution in [2.45, 2.75) is 57.6 Å². The summed E-state index contributed by atoms with van der Waals surface area (Å²) in [7, 11) is 0. The van der Waals surface area contributed by atoms with Gasteiger partial charge in [-0.3, -0.25) is 9.20 Å². The molecular weight excluding hydrogens is 286 g/mol. The van der Waals surface area contributed by atoms with Crippen molar-refractivity contribution in [3.05, 3.63) is 23.0 Å². The Bertz CT molecular complexity index is 634. The fraction of sp³-hybridized carbons (Fsp3) is 0.600. The number of imidazole rings is 1. The van der Waals surface area contributed by atoms with Gasteiger partial charge in [0.1, 0.15) is 0 Å². The van der Waals surface area contributed by atoms with E-state index in [1.165, 1.54) is 0 Å². The van der Waals surface area contributed by atoms with Crippen LogP contribution in [0.2, 0.25) is 0 Å². The van der Waals surface area contributed by atoms with E-state index in [9.17, 15) is 9.90 Å². The molecule has 21 heavy (non-hydrogen) atoms. The van der Waals surface area contributed by atoms with Gasteiger partial charge in [0.25, 0.3) is 0 Å². The lowest BCUT2D eigenvalue weighted by atomic mass is 9.92. The maximum atomic E-state index is 12.0. The highest BCUT2D eigenvalue weighted by Gasteiger charge is 2.24. The predicted octanol–water partition coefficient (Wildman–Crippen LogP) is 2.06. The van der Waals surface area contributed by atoms with E-state index in [0.29, 0.717) is 12.8 Å². The summed E-state index contributed by atoms with van der Waals surface area (Å²) in [5, 5.41) is 14.9. The van der Waals surface area contributed by atoms with E-state index in [-0.39, 0.29) is 18.1 Å². The van der Waals surface area contributed by atoms with Crippen molar-refractivity contribution in [2.75, 3.05) is 0 Å². The molecule has 0 spiro atoms. The Kier molecular flexibility index (Phi) is 4.26. The molecule has 0 saturated heterocycles. The molecule has 1 aliphatic carbocycles. The number of aliphatic hydroxyl groups is 1. The molecule has 2 heterocycles. The first-order valence-electron chi connectivity index (χ1n) is 7.53. The molecule has 1 aliphatic rings. The number of aliphatic hydroxyl groups excluding tert-OH is 1. The number of hydrogen-bond acceptors (Lipinski definition) is 4. The first-order valence-corrected chi connectivity index (χ1v) is 8.41. The summed E-state index contributed by atoms with van der Waals surface area (Å²) in [6.45, 7) is 1.97. The molecule has 0 aliphatic heterocycles. The van der Waals surface area contributed by atoms with E-state index in [1.54, 1.807) is 11.3 Å². The number of carbonyl (C=O) groups excluding carboxylic acids is 1. The zero-order chi connectivity index (χ0) is 14.8. The van der Waals surface area contributed by atoms with Crippen molar-refractivity contribution < 1.29 is 9.90 Å². The molecule has 0 bridgehead atoms. The highest BCUT2D eigenvalue weighted by molar-refractivity contribution is 7.15. The van der Waals surface area contributed by atoms with Crippen molar-refractivity contribution in [1.29, 1.82) is 0 Å². The zero-order valence-electron chi connectivity index (χ0n) is 12.2. The highest BCUT2D eigenvalue weighted by atomic mass is 32.1. The lowest BCUT2D eigenvalue weighted by molar-refractivity contribution is -0.123. The van der Waals surface area contributed by atoms with Gasteiger partial charge in [0.05, 0.1) is 17.8 Å². The minimum Gasteiger partial charge on any atom is -0.391 e. The van der Waals surface area contributed by atoms with E-state index in [1.807, 2.05) is 13.1 Å². The van der Waals surface area contributed by atoms with E-state index in [2.05, 4.69) is 20.1 Å². The Labute approximate surface area is 128 Å². The van der Waals surface area contributed by atoms with Crippen LogP contribution < -0.4 is 5.32 Å². The fourth-order valence-corrected chi connectivity index (χ4v) is 3.87.